The van der Waals surface area contributed by atoms with Crippen LogP contribution in [0.1, 0.15) is 29.0 Å². The van der Waals surface area contributed by atoms with Crippen molar-refractivity contribution < 1.29 is 5.11 Å². The van der Waals surface area contributed by atoms with Crippen LogP contribution < -0.4 is 0 Å². The Labute approximate surface area is 122 Å². The lowest BCUT2D eigenvalue weighted by Crippen LogP contribution is -2.19. The number of halogens is 1. The summed E-state index contributed by atoms with van der Waals surface area (Å²) in [6, 6.07) is 16.6. The molecule has 1 N–H and O–H groups in total. The highest BCUT2D eigenvalue weighted by molar-refractivity contribution is 9.10. The molecule has 0 saturated heterocycles. The first-order chi connectivity index (χ1) is 9.25. The molecule has 0 aliphatic heterocycles. The minimum Gasteiger partial charge on any atom is -0.392 e. The molecule has 2 atom stereocenters. The van der Waals surface area contributed by atoms with Gasteiger partial charge in [0.05, 0.1) is 6.10 Å². The van der Waals surface area contributed by atoms with Gasteiger partial charge >= 0.3 is 0 Å². The summed E-state index contributed by atoms with van der Waals surface area (Å²) in [7, 11) is 0. The van der Waals surface area contributed by atoms with Crippen molar-refractivity contribution in [2.45, 2.75) is 31.3 Å². The van der Waals surface area contributed by atoms with Gasteiger partial charge in [-0.15, -0.1) is 0 Å². The average Bonchev–Trinajstić information content (AvgIpc) is 2.85. The smallest absolute Gasteiger partial charge is 0.0649 e. The highest BCUT2D eigenvalue weighted by Gasteiger charge is 2.28. The first-order valence-corrected chi connectivity index (χ1v) is 7.54. The van der Waals surface area contributed by atoms with E-state index >= 15 is 0 Å². The van der Waals surface area contributed by atoms with Gasteiger partial charge in [-0.2, -0.15) is 0 Å². The summed E-state index contributed by atoms with van der Waals surface area (Å²) in [5.74, 6) is 0.281. The maximum Gasteiger partial charge on any atom is 0.0649 e. The van der Waals surface area contributed by atoms with Gasteiger partial charge in [-0.05, 0) is 35.6 Å². The van der Waals surface area contributed by atoms with E-state index in [9.17, 15) is 5.11 Å². The summed E-state index contributed by atoms with van der Waals surface area (Å²) in [5, 5.41) is 10.6. The van der Waals surface area contributed by atoms with E-state index in [-0.39, 0.29) is 12.0 Å². The molecule has 0 amide bonds. The van der Waals surface area contributed by atoms with Crippen LogP contribution in [0.4, 0.5) is 0 Å². The summed E-state index contributed by atoms with van der Waals surface area (Å²) < 4.78 is 1.08. The number of aliphatic hydroxyl groups excluding tert-OH is 1. The monoisotopic (exact) mass is 316 g/mol. The van der Waals surface area contributed by atoms with Crippen LogP contribution in [0, 0.1) is 0 Å². The molecule has 98 valence electrons. The molecule has 2 aromatic rings. The van der Waals surface area contributed by atoms with Crippen molar-refractivity contribution in [1.29, 1.82) is 0 Å². The van der Waals surface area contributed by atoms with E-state index < -0.39 is 0 Å². The largest absolute Gasteiger partial charge is 0.392 e. The van der Waals surface area contributed by atoms with Gasteiger partial charge in [-0.1, -0.05) is 58.4 Å². The first-order valence-electron chi connectivity index (χ1n) is 6.75. The molecule has 3 rings (SSSR count). The summed E-state index contributed by atoms with van der Waals surface area (Å²) in [6.07, 6.45) is 2.56. The standard InChI is InChI=1S/C17H17BrO/c18-16-8-4-2-6-13(16)11-17(19)15-10-9-12-5-1-3-7-14(12)15/h1-8,15,17,19H,9-11H2. The molecule has 19 heavy (non-hydrogen) atoms. The lowest BCUT2D eigenvalue weighted by Gasteiger charge is -2.20. The number of rotatable bonds is 3. The van der Waals surface area contributed by atoms with E-state index in [0.29, 0.717) is 6.42 Å². The Bertz CT molecular complexity index is 579. The van der Waals surface area contributed by atoms with Crippen LogP contribution >= 0.6 is 15.9 Å². The van der Waals surface area contributed by atoms with Crippen molar-refractivity contribution in [3.8, 4) is 0 Å². The molecular formula is C17H17BrO. The van der Waals surface area contributed by atoms with Gasteiger partial charge in [0.25, 0.3) is 0 Å². The molecule has 0 aromatic heterocycles. The molecule has 0 fully saturated rings. The quantitative estimate of drug-likeness (QED) is 0.904. The summed E-state index contributed by atoms with van der Waals surface area (Å²) in [4.78, 5) is 0. The van der Waals surface area contributed by atoms with Crippen LogP contribution in [0.2, 0.25) is 0 Å². The second-order valence-corrected chi connectivity index (χ2v) is 6.06. The minimum atomic E-state index is -0.303. The Hall–Kier alpha value is -1.12. The van der Waals surface area contributed by atoms with E-state index in [1.807, 2.05) is 18.2 Å². The molecule has 1 aliphatic rings. The van der Waals surface area contributed by atoms with Gasteiger partial charge in [-0.25, -0.2) is 0 Å². The second kappa shape index (κ2) is 5.48. The third kappa shape index (κ3) is 2.60. The number of benzene rings is 2. The van der Waals surface area contributed by atoms with Gasteiger partial charge < -0.3 is 5.11 Å². The molecule has 0 heterocycles. The van der Waals surface area contributed by atoms with Crippen LogP contribution in [0.5, 0.6) is 0 Å². The first kappa shape index (κ1) is 12.9. The molecule has 0 radical (unpaired) electrons. The second-order valence-electron chi connectivity index (χ2n) is 5.21. The topological polar surface area (TPSA) is 20.2 Å². The molecule has 1 aliphatic carbocycles. The molecule has 0 saturated carbocycles. The molecule has 0 bridgehead atoms. The van der Waals surface area contributed by atoms with Crippen molar-refractivity contribution in [3.05, 3.63) is 69.7 Å². The third-order valence-electron chi connectivity index (χ3n) is 4.03. The normalized spacial score (nSPS) is 19.2. The molecule has 2 unspecified atom stereocenters. The Morgan fingerprint density at radius 2 is 1.84 bits per heavy atom. The summed E-state index contributed by atoms with van der Waals surface area (Å²) in [6.45, 7) is 0. The number of hydrogen-bond donors (Lipinski definition) is 1. The average molecular weight is 317 g/mol. The van der Waals surface area contributed by atoms with E-state index in [4.69, 9.17) is 0 Å². The van der Waals surface area contributed by atoms with Gasteiger partial charge in [0.1, 0.15) is 0 Å². The third-order valence-corrected chi connectivity index (χ3v) is 4.80. The lowest BCUT2D eigenvalue weighted by atomic mass is 9.91. The van der Waals surface area contributed by atoms with E-state index in [1.54, 1.807) is 0 Å². The van der Waals surface area contributed by atoms with E-state index in [0.717, 1.165) is 17.3 Å². The van der Waals surface area contributed by atoms with Crippen molar-refractivity contribution in [3.63, 3.8) is 0 Å². The van der Waals surface area contributed by atoms with Crippen molar-refractivity contribution in [1.82, 2.24) is 0 Å². The van der Waals surface area contributed by atoms with Crippen LogP contribution in [-0.4, -0.2) is 11.2 Å². The van der Waals surface area contributed by atoms with Gasteiger partial charge in [0.2, 0.25) is 0 Å². The van der Waals surface area contributed by atoms with Crippen LogP contribution in [0.3, 0.4) is 0 Å². The van der Waals surface area contributed by atoms with E-state index in [2.05, 4.69) is 46.3 Å². The van der Waals surface area contributed by atoms with Gasteiger partial charge in [0, 0.05) is 16.8 Å². The number of fused-ring (bicyclic) bond motifs is 1. The van der Waals surface area contributed by atoms with Crippen molar-refractivity contribution in [2.24, 2.45) is 0 Å². The number of aliphatic hydroxyl groups is 1. The Morgan fingerprint density at radius 3 is 2.68 bits per heavy atom. The maximum absolute atomic E-state index is 10.6. The molecular weight excluding hydrogens is 300 g/mol. The molecule has 2 aromatic carbocycles. The van der Waals surface area contributed by atoms with E-state index in [1.165, 1.54) is 16.7 Å². The zero-order valence-corrected chi connectivity index (χ0v) is 12.3. The SMILES string of the molecule is OC(Cc1ccccc1Br)C1CCc2ccccc21. The summed E-state index contributed by atoms with van der Waals surface area (Å²) in [5.41, 5.74) is 3.92. The van der Waals surface area contributed by atoms with Crippen molar-refractivity contribution >= 4 is 15.9 Å². The fourth-order valence-electron chi connectivity index (χ4n) is 3.02. The molecule has 2 heteroatoms. The number of hydrogen-bond acceptors (Lipinski definition) is 1. The highest BCUT2D eigenvalue weighted by atomic mass is 79.9. The van der Waals surface area contributed by atoms with Crippen LogP contribution in [-0.2, 0) is 12.8 Å². The molecule has 1 nitrogen and oxygen atoms in total. The highest BCUT2D eigenvalue weighted by Crippen LogP contribution is 2.36. The van der Waals surface area contributed by atoms with Gasteiger partial charge in [0.15, 0.2) is 0 Å². The zero-order valence-electron chi connectivity index (χ0n) is 10.7. The van der Waals surface area contributed by atoms with Crippen LogP contribution in [0.15, 0.2) is 53.0 Å². The Kier molecular flexibility index (Phi) is 3.72. The molecule has 0 spiro atoms. The zero-order chi connectivity index (χ0) is 13.2. The fraction of sp³-hybridized carbons (Fsp3) is 0.294. The minimum absolute atomic E-state index is 0.281. The summed E-state index contributed by atoms with van der Waals surface area (Å²) >= 11 is 3.55. The Morgan fingerprint density at radius 1 is 1.11 bits per heavy atom. The van der Waals surface area contributed by atoms with Gasteiger partial charge in [-0.3, -0.25) is 0 Å². The number of aryl methyl sites for hydroxylation is 1. The maximum atomic E-state index is 10.6. The predicted molar refractivity (Wildman–Crippen MR) is 81.4 cm³/mol. The Balaban J connectivity index is 1.79. The fourth-order valence-corrected chi connectivity index (χ4v) is 3.47. The predicted octanol–water partition coefficient (Wildman–Crippen LogP) is 4.08. The van der Waals surface area contributed by atoms with Crippen LogP contribution in [0.25, 0.3) is 0 Å². The van der Waals surface area contributed by atoms with Crippen molar-refractivity contribution in [2.75, 3.05) is 0 Å². The lowest BCUT2D eigenvalue weighted by molar-refractivity contribution is 0.143.